The van der Waals surface area contributed by atoms with Crippen LogP contribution in [0.4, 0.5) is 0 Å². The highest BCUT2D eigenvalue weighted by Crippen LogP contribution is 2.28. The standard InChI is InChI=1S/C19H19N3O5/c1-12(23)13-5-6-16(17(8-13)26-2)27-10-14(24)9-22-11-21-18-15(19(22)25)4-3-7-20-18/h3-8,11,14,24H,9-10H2,1-2H3/t14-/m1/s1. The number of methoxy groups -OCH3 is 1. The Labute approximate surface area is 155 Å². The highest BCUT2D eigenvalue weighted by Gasteiger charge is 2.13. The van der Waals surface area contributed by atoms with Gasteiger partial charge in [-0.3, -0.25) is 14.2 Å². The van der Waals surface area contributed by atoms with E-state index in [4.69, 9.17) is 9.47 Å². The molecule has 0 bridgehead atoms. The summed E-state index contributed by atoms with van der Waals surface area (Å²) in [4.78, 5) is 32.0. The third-order valence-electron chi connectivity index (χ3n) is 4.01. The molecular weight excluding hydrogens is 350 g/mol. The average Bonchev–Trinajstić information content (AvgIpc) is 2.68. The van der Waals surface area contributed by atoms with Crippen LogP contribution in [0, 0.1) is 0 Å². The van der Waals surface area contributed by atoms with Crippen LogP contribution in [-0.4, -0.2) is 45.2 Å². The molecule has 1 aromatic carbocycles. The van der Waals surface area contributed by atoms with Gasteiger partial charge in [0, 0.05) is 11.8 Å². The fourth-order valence-corrected chi connectivity index (χ4v) is 2.60. The van der Waals surface area contributed by atoms with Crippen molar-refractivity contribution in [1.29, 1.82) is 0 Å². The smallest absolute Gasteiger partial charge is 0.262 e. The fourth-order valence-electron chi connectivity index (χ4n) is 2.60. The SMILES string of the molecule is COc1cc(C(C)=O)ccc1OC[C@H](O)Cn1cnc2ncccc2c1=O. The van der Waals surface area contributed by atoms with Gasteiger partial charge in [0.25, 0.3) is 5.56 Å². The first-order chi connectivity index (χ1) is 13.0. The minimum Gasteiger partial charge on any atom is -0.493 e. The molecule has 1 atom stereocenters. The van der Waals surface area contributed by atoms with Crippen LogP contribution in [0.2, 0.25) is 0 Å². The molecule has 0 radical (unpaired) electrons. The molecule has 0 aliphatic rings. The van der Waals surface area contributed by atoms with Crippen LogP contribution < -0.4 is 15.0 Å². The number of carbonyl (C=O) groups is 1. The van der Waals surface area contributed by atoms with E-state index in [0.717, 1.165) is 0 Å². The van der Waals surface area contributed by atoms with Gasteiger partial charge in [-0.2, -0.15) is 0 Å². The Kier molecular flexibility index (Phi) is 5.46. The van der Waals surface area contributed by atoms with Gasteiger partial charge in [0.2, 0.25) is 0 Å². The van der Waals surface area contributed by atoms with Crippen molar-refractivity contribution < 1.29 is 19.4 Å². The largest absolute Gasteiger partial charge is 0.493 e. The summed E-state index contributed by atoms with van der Waals surface area (Å²) in [7, 11) is 1.47. The lowest BCUT2D eigenvalue weighted by molar-refractivity contribution is 0.0898. The zero-order valence-corrected chi connectivity index (χ0v) is 15.0. The molecule has 2 aromatic heterocycles. The van der Waals surface area contributed by atoms with Gasteiger partial charge in [0.15, 0.2) is 22.9 Å². The second-order valence-corrected chi connectivity index (χ2v) is 5.96. The van der Waals surface area contributed by atoms with E-state index in [1.54, 1.807) is 36.5 Å². The number of carbonyl (C=O) groups excluding carboxylic acids is 1. The van der Waals surface area contributed by atoms with E-state index in [0.29, 0.717) is 28.1 Å². The maximum Gasteiger partial charge on any atom is 0.262 e. The molecule has 8 nitrogen and oxygen atoms in total. The van der Waals surface area contributed by atoms with Crippen LogP contribution in [-0.2, 0) is 6.54 Å². The lowest BCUT2D eigenvalue weighted by Gasteiger charge is -2.16. The zero-order chi connectivity index (χ0) is 19.4. The van der Waals surface area contributed by atoms with Gasteiger partial charge in [-0.1, -0.05) is 0 Å². The topological polar surface area (TPSA) is 104 Å². The first-order valence-corrected chi connectivity index (χ1v) is 8.29. The number of benzene rings is 1. The number of rotatable bonds is 7. The number of ether oxygens (including phenoxy) is 2. The monoisotopic (exact) mass is 369 g/mol. The van der Waals surface area contributed by atoms with Crippen molar-refractivity contribution in [2.75, 3.05) is 13.7 Å². The van der Waals surface area contributed by atoms with Crippen LogP contribution in [0.3, 0.4) is 0 Å². The molecule has 0 fully saturated rings. The number of hydrogen-bond acceptors (Lipinski definition) is 7. The molecule has 27 heavy (non-hydrogen) atoms. The molecule has 0 saturated carbocycles. The van der Waals surface area contributed by atoms with Gasteiger partial charge < -0.3 is 14.6 Å². The first kappa shape index (κ1) is 18.5. The molecule has 3 rings (SSSR count). The van der Waals surface area contributed by atoms with Crippen LogP contribution in [0.1, 0.15) is 17.3 Å². The van der Waals surface area contributed by atoms with Crippen molar-refractivity contribution >= 4 is 16.8 Å². The highest BCUT2D eigenvalue weighted by molar-refractivity contribution is 5.94. The Balaban J connectivity index is 1.70. The van der Waals surface area contributed by atoms with Gasteiger partial charge >= 0.3 is 0 Å². The molecule has 0 spiro atoms. The number of nitrogens with zero attached hydrogens (tertiary/aromatic N) is 3. The van der Waals surface area contributed by atoms with Crippen molar-refractivity contribution in [2.24, 2.45) is 0 Å². The van der Waals surface area contributed by atoms with Crippen molar-refractivity contribution in [3.8, 4) is 11.5 Å². The van der Waals surface area contributed by atoms with E-state index in [1.165, 1.54) is 24.9 Å². The lowest BCUT2D eigenvalue weighted by atomic mass is 10.1. The Morgan fingerprint density at radius 2 is 2.07 bits per heavy atom. The van der Waals surface area contributed by atoms with Crippen LogP contribution in [0.15, 0.2) is 47.7 Å². The van der Waals surface area contributed by atoms with Gasteiger partial charge in [-0.15, -0.1) is 0 Å². The predicted octanol–water partition coefficient (Wildman–Crippen LogP) is 1.44. The summed E-state index contributed by atoms with van der Waals surface area (Å²) in [6.07, 6.45) is 1.96. The molecule has 140 valence electrons. The Hall–Kier alpha value is -3.26. The molecular formula is C19H19N3O5. The Bertz CT molecular complexity index is 1030. The van der Waals surface area contributed by atoms with E-state index >= 15 is 0 Å². The second-order valence-electron chi connectivity index (χ2n) is 5.96. The highest BCUT2D eigenvalue weighted by atomic mass is 16.5. The number of pyridine rings is 1. The van der Waals surface area contributed by atoms with Crippen molar-refractivity contribution in [3.05, 3.63) is 58.8 Å². The van der Waals surface area contributed by atoms with E-state index in [2.05, 4.69) is 9.97 Å². The number of ketones is 1. The maximum absolute atomic E-state index is 12.4. The molecule has 3 aromatic rings. The summed E-state index contributed by atoms with van der Waals surface area (Å²) in [6.45, 7) is 1.42. The number of aliphatic hydroxyl groups excluding tert-OH is 1. The molecule has 0 unspecified atom stereocenters. The average molecular weight is 369 g/mol. The first-order valence-electron chi connectivity index (χ1n) is 8.29. The fraction of sp³-hybridized carbons (Fsp3) is 0.263. The minimum atomic E-state index is -0.948. The minimum absolute atomic E-state index is 0.0184. The number of aliphatic hydroxyl groups is 1. The Morgan fingerprint density at radius 3 is 2.81 bits per heavy atom. The lowest BCUT2D eigenvalue weighted by Crippen LogP contribution is -2.30. The van der Waals surface area contributed by atoms with E-state index in [-0.39, 0.29) is 24.5 Å². The third-order valence-corrected chi connectivity index (χ3v) is 4.01. The summed E-state index contributed by atoms with van der Waals surface area (Å²) in [5, 5.41) is 10.6. The van der Waals surface area contributed by atoms with E-state index in [1.807, 2.05) is 0 Å². The number of hydrogen-bond donors (Lipinski definition) is 1. The molecule has 0 amide bonds. The third kappa shape index (κ3) is 4.12. The van der Waals surface area contributed by atoms with Crippen molar-refractivity contribution in [2.45, 2.75) is 19.6 Å². The number of aromatic nitrogens is 3. The van der Waals surface area contributed by atoms with E-state index in [9.17, 15) is 14.7 Å². The molecule has 8 heteroatoms. The van der Waals surface area contributed by atoms with Crippen LogP contribution in [0.25, 0.3) is 11.0 Å². The zero-order valence-electron chi connectivity index (χ0n) is 15.0. The summed E-state index contributed by atoms with van der Waals surface area (Å²) in [5.74, 6) is 0.706. The van der Waals surface area contributed by atoms with Gasteiger partial charge in [0.1, 0.15) is 19.0 Å². The summed E-state index contributed by atoms with van der Waals surface area (Å²) in [5.41, 5.74) is 0.581. The molecule has 0 saturated heterocycles. The van der Waals surface area contributed by atoms with Crippen LogP contribution >= 0.6 is 0 Å². The van der Waals surface area contributed by atoms with E-state index < -0.39 is 6.10 Å². The maximum atomic E-state index is 12.4. The van der Waals surface area contributed by atoms with Crippen molar-refractivity contribution in [1.82, 2.24) is 14.5 Å². The molecule has 0 aliphatic carbocycles. The second kappa shape index (κ2) is 7.96. The molecule has 2 heterocycles. The quantitative estimate of drug-likeness (QED) is 0.629. The Morgan fingerprint density at radius 1 is 1.26 bits per heavy atom. The summed E-state index contributed by atoms with van der Waals surface area (Å²) < 4.78 is 12.1. The van der Waals surface area contributed by atoms with Gasteiger partial charge in [-0.05, 0) is 37.3 Å². The number of fused-ring (bicyclic) bond motifs is 1. The van der Waals surface area contributed by atoms with Gasteiger partial charge in [-0.25, -0.2) is 9.97 Å². The molecule has 1 N–H and O–H groups in total. The summed E-state index contributed by atoms with van der Waals surface area (Å²) >= 11 is 0. The number of Topliss-reactive ketones (excluding diaryl/α,β-unsaturated/α-hetero) is 1. The molecule has 0 aliphatic heterocycles. The van der Waals surface area contributed by atoms with Crippen LogP contribution in [0.5, 0.6) is 11.5 Å². The summed E-state index contributed by atoms with van der Waals surface area (Å²) in [6, 6.07) is 8.11. The predicted molar refractivity (Wildman–Crippen MR) is 98.3 cm³/mol. The van der Waals surface area contributed by atoms with Gasteiger partial charge in [0.05, 0.1) is 19.0 Å². The van der Waals surface area contributed by atoms with Crippen molar-refractivity contribution in [3.63, 3.8) is 0 Å². The normalized spacial score (nSPS) is 12.0.